The van der Waals surface area contributed by atoms with Gasteiger partial charge in [0.15, 0.2) is 0 Å². The van der Waals surface area contributed by atoms with Crippen LogP contribution in [-0.4, -0.2) is 11.5 Å². The maximum Gasteiger partial charge on any atom is 0.126 e. The highest BCUT2D eigenvalue weighted by Crippen LogP contribution is 2.17. The molecular formula is C10H9ClN2S. The van der Waals surface area contributed by atoms with E-state index < -0.39 is 0 Å². The Balaban J connectivity index is 2.17. The summed E-state index contributed by atoms with van der Waals surface area (Å²) in [5.41, 5.74) is 2.13. The third kappa shape index (κ3) is 1.89. The monoisotopic (exact) mass is 224 g/mol. The summed E-state index contributed by atoms with van der Waals surface area (Å²) in [5, 5.41) is 8.72. The molecule has 1 aromatic carbocycles. The fourth-order valence-corrected chi connectivity index (χ4v) is 1.57. The predicted octanol–water partition coefficient (Wildman–Crippen LogP) is 2.16. The quantitative estimate of drug-likeness (QED) is 0.753. The summed E-state index contributed by atoms with van der Waals surface area (Å²) in [6, 6.07) is 7.66. The molecule has 4 heteroatoms. The van der Waals surface area contributed by atoms with Crippen molar-refractivity contribution < 1.29 is 0 Å². The molecule has 2 N–H and O–H groups in total. The Hall–Kier alpha value is -1.06. The van der Waals surface area contributed by atoms with Gasteiger partial charge < -0.3 is 10.6 Å². The van der Waals surface area contributed by atoms with Crippen molar-refractivity contribution >= 4 is 34.9 Å². The average Bonchev–Trinajstić information content (AvgIpc) is 2.67. The van der Waals surface area contributed by atoms with Crippen molar-refractivity contribution in [3.8, 4) is 0 Å². The summed E-state index contributed by atoms with van der Waals surface area (Å²) < 4.78 is 0. The molecule has 72 valence electrons. The lowest BCUT2D eigenvalue weighted by Crippen LogP contribution is -2.32. The van der Waals surface area contributed by atoms with Gasteiger partial charge in [0.2, 0.25) is 0 Å². The van der Waals surface area contributed by atoms with Gasteiger partial charge in [-0.25, -0.2) is 0 Å². The summed E-state index contributed by atoms with van der Waals surface area (Å²) in [6.07, 6.45) is 1.96. The maximum absolute atomic E-state index is 5.80. The summed E-state index contributed by atoms with van der Waals surface area (Å²) in [5.74, 6) is 0. The maximum atomic E-state index is 5.80. The van der Waals surface area contributed by atoms with Gasteiger partial charge in [-0.15, -0.1) is 0 Å². The van der Waals surface area contributed by atoms with Crippen LogP contribution >= 0.6 is 23.8 Å². The van der Waals surface area contributed by atoms with Crippen LogP contribution in [0.4, 0.5) is 0 Å². The van der Waals surface area contributed by atoms with Crippen LogP contribution < -0.4 is 10.6 Å². The van der Waals surface area contributed by atoms with Crippen molar-refractivity contribution in [2.24, 2.45) is 0 Å². The highest BCUT2D eigenvalue weighted by atomic mass is 35.5. The van der Waals surface area contributed by atoms with Crippen molar-refractivity contribution in [3.05, 3.63) is 41.1 Å². The number of halogens is 1. The van der Waals surface area contributed by atoms with Gasteiger partial charge in [-0.3, -0.25) is 0 Å². The van der Waals surface area contributed by atoms with Crippen LogP contribution in [0.15, 0.2) is 30.5 Å². The van der Waals surface area contributed by atoms with Crippen molar-refractivity contribution in [1.82, 2.24) is 10.6 Å². The SMILES string of the molecule is S=CC1NC=C(c2ccc(Cl)cc2)N1. The van der Waals surface area contributed by atoms with Crippen molar-refractivity contribution in [2.75, 3.05) is 0 Å². The number of benzene rings is 1. The van der Waals surface area contributed by atoms with E-state index in [2.05, 4.69) is 10.6 Å². The minimum Gasteiger partial charge on any atom is -0.366 e. The topological polar surface area (TPSA) is 24.1 Å². The zero-order valence-electron chi connectivity index (χ0n) is 7.33. The van der Waals surface area contributed by atoms with Crippen LogP contribution in [0, 0.1) is 0 Å². The molecule has 1 atom stereocenters. The van der Waals surface area contributed by atoms with Crippen molar-refractivity contribution in [3.63, 3.8) is 0 Å². The van der Waals surface area contributed by atoms with Gasteiger partial charge >= 0.3 is 0 Å². The van der Waals surface area contributed by atoms with Crippen LogP contribution in [0.3, 0.4) is 0 Å². The lowest BCUT2D eigenvalue weighted by molar-refractivity contribution is 0.750. The van der Waals surface area contributed by atoms with Crippen LogP contribution in [-0.2, 0) is 0 Å². The molecule has 0 saturated carbocycles. The van der Waals surface area contributed by atoms with Gasteiger partial charge in [-0.05, 0) is 17.7 Å². The number of hydrogen-bond acceptors (Lipinski definition) is 3. The predicted molar refractivity (Wildman–Crippen MR) is 63.1 cm³/mol. The molecule has 0 aliphatic carbocycles. The minimum atomic E-state index is 0.0516. The second-order valence-corrected chi connectivity index (χ2v) is 3.70. The molecule has 1 aliphatic heterocycles. The fraction of sp³-hybridized carbons (Fsp3) is 0.100. The Morgan fingerprint density at radius 1 is 1.29 bits per heavy atom. The van der Waals surface area contributed by atoms with Crippen molar-refractivity contribution in [1.29, 1.82) is 0 Å². The molecule has 2 nitrogen and oxygen atoms in total. The first-order chi connectivity index (χ1) is 6.79. The number of hydrogen-bond donors (Lipinski definition) is 2. The largest absolute Gasteiger partial charge is 0.366 e. The van der Waals surface area contributed by atoms with Crippen LogP contribution in [0.5, 0.6) is 0 Å². The van der Waals surface area contributed by atoms with Crippen LogP contribution in [0.25, 0.3) is 5.70 Å². The van der Waals surface area contributed by atoms with E-state index in [1.807, 2.05) is 30.5 Å². The summed E-state index contributed by atoms with van der Waals surface area (Å²) >= 11 is 10.6. The molecule has 0 amide bonds. The smallest absolute Gasteiger partial charge is 0.126 e. The van der Waals surface area contributed by atoms with Crippen LogP contribution in [0.2, 0.25) is 5.02 Å². The molecule has 14 heavy (non-hydrogen) atoms. The van der Waals surface area contributed by atoms with E-state index in [4.69, 9.17) is 23.8 Å². The Kier molecular flexibility index (Phi) is 2.70. The van der Waals surface area contributed by atoms with Crippen LogP contribution in [0.1, 0.15) is 5.56 Å². The third-order valence-electron chi connectivity index (χ3n) is 2.01. The summed E-state index contributed by atoms with van der Waals surface area (Å²) in [4.78, 5) is 0. The lowest BCUT2D eigenvalue weighted by atomic mass is 10.2. The van der Waals surface area contributed by atoms with Gasteiger partial charge in [-0.1, -0.05) is 36.0 Å². The lowest BCUT2D eigenvalue weighted by Gasteiger charge is -2.07. The molecule has 0 spiro atoms. The molecule has 1 heterocycles. The Labute approximate surface area is 93.0 Å². The minimum absolute atomic E-state index is 0.0516. The first kappa shape index (κ1) is 9.49. The first-order valence-electron chi connectivity index (χ1n) is 4.23. The zero-order chi connectivity index (χ0) is 9.97. The number of thiocarbonyl (C=S) groups is 1. The normalized spacial score (nSPS) is 19.5. The first-order valence-corrected chi connectivity index (χ1v) is 5.08. The van der Waals surface area contributed by atoms with Gasteiger partial charge in [0.1, 0.15) is 6.17 Å². The molecule has 2 rings (SSSR count). The molecule has 0 radical (unpaired) electrons. The molecule has 0 aromatic heterocycles. The van der Waals surface area contributed by atoms with E-state index >= 15 is 0 Å². The molecule has 1 aliphatic rings. The fourth-order valence-electron chi connectivity index (χ4n) is 1.29. The zero-order valence-corrected chi connectivity index (χ0v) is 8.90. The summed E-state index contributed by atoms with van der Waals surface area (Å²) in [6.45, 7) is 0. The number of nitrogens with one attached hydrogen (secondary N) is 2. The molecule has 0 fully saturated rings. The molecule has 1 aromatic rings. The van der Waals surface area contributed by atoms with Gasteiger partial charge in [0.25, 0.3) is 0 Å². The van der Waals surface area contributed by atoms with E-state index in [0.717, 1.165) is 16.3 Å². The molecular weight excluding hydrogens is 216 g/mol. The molecule has 0 bridgehead atoms. The molecule has 0 saturated heterocycles. The second kappa shape index (κ2) is 3.98. The standard InChI is InChI=1S/C10H9ClN2S/c11-8-3-1-7(2-4-8)9-5-12-10(6-14)13-9/h1-6,10,12-13H. The van der Waals surface area contributed by atoms with Gasteiger partial charge in [-0.2, -0.15) is 0 Å². The van der Waals surface area contributed by atoms with Gasteiger partial charge in [0, 0.05) is 16.6 Å². The second-order valence-electron chi connectivity index (χ2n) is 2.99. The van der Waals surface area contributed by atoms with Gasteiger partial charge in [0.05, 0.1) is 5.70 Å². The Bertz CT molecular complexity index is 372. The number of rotatable bonds is 2. The summed E-state index contributed by atoms with van der Waals surface area (Å²) in [7, 11) is 0. The Morgan fingerprint density at radius 3 is 2.57 bits per heavy atom. The highest BCUT2D eigenvalue weighted by molar-refractivity contribution is 7.79. The Morgan fingerprint density at radius 2 is 2.00 bits per heavy atom. The molecule has 1 unspecified atom stereocenters. The van der Waals surface area contributed by atoms with E-state index in [-0.39, 0.29) is 6.17 Å². The van der Waals surface area contributed by atoms with E-state index in [1.54, 1.807) is 5.37 Å². The van der Waals surface area contributed by atoms with Crippen molar-refractivity contribution in [2.45, 2.75) is 6.17 Å². The van der Waals surface area contributed by atoms with E-state index in [1.165, 1.54) is 0 Å². The van der Waals surface area contributed by atoms with E-state index in [9.17, 15) is 0 Å². The average molecular weight is 225 g/mol. The third-order valence-corrected chi connectivity index (χ3v) is 2.53. The van der Waals surface area contributed by atoms with E-state index in [0.29, 0.717) is 0 Å². The highest BCUT2D eigenvalue weighted by Gasteiger charge is 2.12.